The normalized spacial score (nSPS) is 21.8. The van der Waals surface area contributed by atoms with Crippen LogP contribution in [0.1, 0.15) is 46.5 Å². The summed E-state index contributed by atoms with van der Waals surface area (Å²) >= 11 is 0. The van der Waals surface area contributed by atoms with Crippen LogP contribution >= 0.6 is 24.0 Å². The first-order valence-corrected chi connectivity index (χ1v) is 9.53. The Kier molecular flexibility index (Phi) is 11.3. The van der Waals surface area contributed by atoms with E-state index in [-0.39, 0.29) is 24.0 Å². The van der Waals surface area contributed by atoms with Crippen LogP contribution in [0.4, 0.5) is 0 Å². The highest BCUT2D eigenvalue weighted by Crippen LogP contribution is 2.31. The Hall–Kier alpha value is -0.0800. The van der Waals surface area contributed by atoms with Gasteiger partial charge in [-0.15, -0.1) is 24.0 Å². The van der Waals surface area contributed by atoms with Crippen LogP contribution in [0, 0.1) is 11.8 Å². The average Bonchev–Trinajstić information content (AvgIpc) is 3.27. The number of rotatable bonds is 10. The van der Waals surface area contributed by atoms with Gasteiger partial charge in [-0.3, -0.25) is 4.99 Å². The smallest absolute Gasteiger partial charge is 0.191 e. The molecule has 5 nitrogen and oxygen atoms in total. The van der Waals surface area contributed by atoms with E-state index in [9.17, 15) is 0 Å². The van der Waals surface area contributed by atoms with Crippen LogP contribution in [-0.2, 0) is 4.74 Å². The summed E-state index contributed by atoms with van der Waals surface area (Å²) in [6, 6.07) is 0.901. The molecule has 24 heavy (non-hydrogen) atoms. The van der Waals surface area contributed by atoms with Crippen LogP contribution in [0.5, 0.6) is 0 Å². The molecule has 6 heteroatoms. The molecular formula is C18H37IN4O. The second-order valence-corrected chi connectivity index (χ2v) is 7.32. The van der Waals surface area contributed by atoms with Gasteiger partial charge in [0, 0.05) is 38.8 Å². The van der Waals surface area contributed by atoms with Crippen LogP contribution in [0.3, 0.4) is 0 Å². The summed E-state index contributed by atoms with van der Waals surface area (Å²) < 4.78 is 5.65. The van der Waals surface area contributed by atoms with Crippen molar-refractivity contribution in [3.8, 4) is 0 Å². The van der Waals surface area contributed by atoms with Gasteiger partial charge in [-0.05, 0) is 51.0 Å². The van der Waals surface area contributed by atoms with Gasteiger partial charge >= 0.3 is 0 Å². The molecule has 1 saturated carbocycles. The van der Waals surface area contributed by atoms with Gasteiger partial charge in [0.1, 0.15) is 0 Å². The molecule has 2 rings (SSSR count). The molecule has 0 aromatic rings. The first-order valence-electron chi connectivity index (χ1n) is 9.53. The van der Waals surface area contributed by atoms with E-state index in [2.05, 4.69) is 36.3 Å². The molecule has 2 fully saturated rings. The lowest BCUT2D eigenvalue weighted by Crippen LogP contribution is -2.39. The molecule has 0 aromatic carbocycles. The van der Waals surface area contributed by atoms with E-state index in [1.165, 1.54) is 32.4 Å². The number of hydrogen-bond donors (Lipinski definition) is 2. The average molecular weight is 452 g/mol. The molecule has 0 bridgehead atoms. The quantitative estimate of drug-likeness (QED) is 0.232. The molecule has 1 saturated heterocycles. The van der Waals surface area contributed by atoms with Crippen molar-refractivity contribution in [2.24, 2.45) is 16.8 Å². The fourth-order valence-corrected chi connectivity index (χ4v) is 3.01. The van der Waals surface area contributed by atoms with Gasteiger partial charge in [0.2, 0.25) is 0 Å². The van der Waals surface area contributed by atoms with E-state index < -0.39 is 0 Å². The Balaban J connectivity index is 0.00000288. The monoisotopic (exact) mass is 452 g/mol. The molecule has 2 N–H and O–H groups in total. The summed E-state index contributed by atoms with van der Waals surface area (Å²) in [4.78, 5) is 7.42. The molecule has 1 aliphatic carbocycles. The predicted molar refractivity (Wildman–Crippen MR) is 112 cm³/mol. The first-order chi connectivity index (χ1) is 11.2. The molecule has 1 aliphatic heterocycles. The fourth-order valence-electron chi connectivity index (χ4n) is 3.01. The van der Waals surface area contributed by atoms with Crippen molar-refractivity contribution >= 4 is 29.9 Å². The standard InChI is InChI=1S/C18H36N4O.HI/c1-4-19-18(20-9-12-23-11-8-15(2)3)21-13-16-7-10-22(14-16)17-5-6-17;/h15-17H,4-14H2,1-3H3,(H2,19,20,21);1H. The lowest BCUT2D eigenvalue weighted by Gasteiger charge is -2.15. The van der Waals surface area contributed by atoms with Crippen LogP contribution in [-0.4, -0.2) is 62.8 Å². The van der Waals surface area contributed by atoms with E-state index in [0.717, 1.165) is 57.2 Å². The number of nitrogens with zero attached hydrogens (tertiary/aromatic N) is 2. The predicted octanol–water partition coefficient (Wildman–Crippen LogP) is 2.71. The van der Waals surface area contributed by atoms with Crippen LogP contribution in [0.25, 0.3) is 0 Å². The Morgan fingerprint density at radius 3 is 2.67 bits per heavy atom. The van der Waals surface area contributed by atoms with Crippen LogP contribution in [0.15, 0.2) is 4.99 Å². The largest absolute Gasteiger partial charge is 0.380 e. The molecule has 1 atom stereocenters. The van der Waals surface area contributed by atoms with Crippen molar-refractivity contribution in [2.75, 3.05) is 45.9 Å². The zero-order chi connectivity index (χ0) is 16.5. The van der Waals surface area contributed by atoms with E-state index in [4.69, 9.17) is 9.73 Å². The summed E-state index contributed by atoms with van der Waals surface area (Å²) in [6.07, 6.45) is 5.26. The highest BCUT2D eigenvalue weighted by atomic mass is 127. The van der Waals surface area contributed by atoms with Crippen molar-refractivity contribution in [3.63, 3.8) is 0 Å². The zero-order valence-corrected chi connectivity index (χ0v) is 18.1. The summed E-state index contributed by atoms with van der Waals surface area (Å²) in [6.45, 7) is 13.3. The maximum Gasteiger partial charge on any atom is 0.191 e. The van der Waals surface area contributed by atoms with Crippen molar-refractivity contribution in [3.05, 3.63) is 0 Å². The highest BCUT2D eigenvalue weighted by molar-refractivity contribution is 14.0. The minimum Gasteiger partial charge on any atom is -0.380 e. The van der Waals surface area contributed by atoms with Gasteiger partial charge in [0.05, 0.1) is 6.61 Å². The van der Waals surface area contributed by atoms with Gasteiger partial charge in [-0.25, -0.2) is 0 Å². The molecule has 0 radical (unpaired) electrons. The fraction of sp³-hybridized carbons (Fsp3) is 0.944. The van der Waals surface area contributed by atoms with E-state index >= 15 is 0 Å². The Labute approximate surface area is 165 Å². The maximum atomic E-state index is 5.65. The van der Waals surface area contributed by atoms with Crippen molar-refractivity contribution < 1.29 is 4.74 Å². The second-order valence-electron chi connectivity index (χ2n) is 7.32. The van der Waals surface area contributed by atoms with Gasteiger partial charge in [0.15, 0.2) is 5.96 Å². The van der Waals surface area contributed by atoms with Gasteiger partial charge in [-0.1, -0.05) is 13.8 Å². The van der Waals surface area contributed by atoms with Gasteiger partial charge < -0.3 is 20.3 Å². The van der Waals surface area contributed by atoms with Crippen molar-refractivity contribution in [2.45, 2.75) is 52.5 Å². The molecule has 1 unspecified atom stereocenters. The highest BCUT2D eigenvalue weighted by Gasteiger charge is 2.34. The molecule has 2 aliphatic rings. The second kappa shape index (κ2) is 12.3. The summed E-state index contributed by atoms with van der Waals surface area (Å²) in [7, 11) is 0. The van der Waals surface area contributed by atoms with Gasteiger partial charge in [-0.2, -0.15) is 0 Å². The van der Waals surface area contributed by atoms with E-state index in [1.807, 2.05) is 0 Å². The number of ether oxygens (including phenoxy) is 1. The zero-order valence-electron chi connectivity index (χ0n) is 15.7. The molecular weight excluding hydrogens is 415 g/mol. The minimum atomic E-state index is 0. The topological polar surface area (TPSA) is 48.9 Å². The van der Waals surface area contributed by atoms with E-state index in [1.54, 1.807) is 0 Å². The Morgan fingerprint density at radius 2 is 2.00 bits per heavy atom. The van der Waals surface area contributed by atoms with Crippen LogP contribution < -0.4 is 10.6 Å². The third kappa shape index (κ3) is 8.85. The number of guanidine groups is 1. The van der Waals surface area contributed by atoms with Crippen molar-refractivity contribution in [1.82, 2.24) is 15.5 Å². The molecule has 0 spiro atoms. The molecule has 0 amide bonds. The molecule has 142 valence electrons. The van der Waals surface area contributed by atoms with Gasteiger partial charge in [0.25, 0.3) is 0 Å². The number of likely N-dealkylation sites (tertiary alicyclic amines) is 1. The third-order valence-corrected chi connectivity index (χ3v) is 4.61. The summed E-state index contributed by atoms with van der Waals surface area (Å²) in [5.41, 5.74) is 0. The summed E-state index contributed by atoms with van der Waals surface area (Å²) in [5.74, 6) is 2.38. The Morgan fingerprint density at radius 1 is 1.21 bits per heavy atom. The number of aliphatic imine (C=N–C) groups is 1. The molecule has 0 aromatic heterocycles. The summed E-state index contributed by atoms with van der Waals surface area (Å²) in [5, 5.41) is 6.71. The lowest BCUT2D eigenvalue weighted by atomic mass is 10.1. The van der Waals surface area contributed by atoms with Crippen LogP contribution in [0.2, 0.25) is 0 Å². The number of halogens is 1. The molecule has 1 heterocycles. The van der Waals surface area contributed by atoms with E-state index in [0.29, 0.717) is 5.92 Å². The SMILES string of the molecule is CCNC(=NCC1CCN(C2CC2)C1)NCCOCCC(C)C.I. The van der Waals surface area contributed by atoms with Crippen molar-refractivity contribution in [1.29, 1.82) is 0 Å². The number of hydrogen-bond acceptors (Lipinski definition) is 3. The third-order valence-electron chi connectivity index (χ3n) is 4.61. The maximum absolute atomic E-state index is 5.65. The first kappa shape index (κ1) is 22.0. The Bertz CT molecular complexity index is 361. The lowest BCUT2D eigenvalue weighted by molar-refractivity contribution is 0.128. The minimum absolute atomic E-state index is 0. The number of nitrogens with one attached hydrogen (secondary N) is 2.